The summed E-state index contributed by atoms with van der Waals surface area (Å²) >= 11 is 1.64. The number of nitrogens with zero attached hydrogens (tertiary/aromatic N) is 1. The molecule has 2 aliphatic rings. The van der Waals surface area contributed by atoms with E-state index >= 15 is 0 Å². The van der Waals surface area contributed by atoms with Crippen LogP contribution in [0.25, 0.3) is 0 Å². The first-order chi connectivity index (χ1) is 13.2. The standard InChI is InChI=1S/C21H28N4OS/c1-14-5-7-15(8-6-14)20-16(12-23-24-20)13-25-11-3-4-17(25)18-9-10-19(27-18)21(26)22-2/h5-10,16-17,20,23-24H,3-4,11-13H2,1-2H3,(H,22,26). The first-order valence-corrected chi connectivity index (χ1v) is 10.6. The number of benzene rings is 1. The van der Waals surface area contributed by atoms with Crippen LogP contribution in [0.5, 0.6) is 0 Å². The number of rotatable bonds is 5. The summed E-state index contributed by atoms with van der Waals surface area (Å²) in [4.78, 5) is 16.6. The van der Waals surface area contributed by atoms with Crippen LogP contribution in [0.3, 0.4) is 0 Å². The summed E-state index contributed by atoms with van der Waals surface area (Å²) in [6.45, 7) is 5.31. The summed E-state index contributed by atoms with van der Waals surface area (Å²) in [6, 6.07) is 13.7. The van der Waals surface area contributed by atoms with Crippen LogP contribution in [0.1, 0.15) is 50.6 Å². The second kappa shape index (κ2) is 8.10. The Morgan fingerprint density at radius 2 is 2.07 bits per heavy atom. The number of carbonyl (C=O) groups is 1. The van der Waals surface area contributed by atoms with Crippen molar-refractivity contribution in [1.29, 1.82) is 0 Å². The zero-order valence-electron chi connectivity index (χ0n) is 16.0. The van der Waals surface area contributed by atoms with Crippen LogP contribution in [0.15, 0.2) is 36.4 Å². The summed E-state index contributed by atoms with van der Waals surface area (Å²) in [5.41, 5.74) is 9.48. The predicted octanol–water partition coefficient (Wildman–Crippen LogP) is 3.02. The molecule has 0 spiro atoms. The van der Waals surface area contributed by atoms with Gasteiger partial charge in [0.05, 0.1) is 10.9 Å². The Labute approximate surface area is 165 Å². The fourth-order valence-electron chi connectivity index (χ4n) is 4.28. The molecule has 2 aliphatic heterocycles. The smallest absolute Gasteiger partial charge is 0.261 e. The van der Waals surface area contributed by atoms with Crippen molar-refractivity contribution in [2.24, 2.45) is 5.92 Å². The number of likely N-dealkylation sites (tertiary alicyclic amines) is 1. The molecule has 4 rings (SSSR count). The number of hydrazine groups is 1. The lowest BCUT2D eigenvalue weighted by atomic mass is 9.93. The molecule has 3 N–H and O–H groups in total. The Balaban J connectivity index is 1.47. The van der Waals surface area contributed by atoms with E-state index in [1.807, 2.05) is 6.07 Å². The zero-order valence-corrected chi connectivity index (χ0v) is 16.8. The molecule has 2 fully saturated rings. The number of nitrogens with one attached hydrogen (secondary N) is 3. The summed E-state index contributed by atoms with van der Waals surface area (Å²) in [5, 5.41) is 2.72. The van der Waals surface area contributed by atoms with Crippen LogP contribution < -0.4 is 16.2 Å². The van der Waals surface area contributed by atoms with E-state index in [-0.39, 0.29) is 5.91 Å². The Hall–Kier alpha value is -1.73. The SMILES string of the molecule is CNC(=O)c1ccc(C2CCCN2CC2CNNC2c2ccc(C)cc2)s1. The molecule has 0 saturated carbocycles. The number of hydrogen-bond acceptors (Lipinski definition) is 5. The molecule has 0 aliphatic carbocycles. The van der Waals surface area contributed by atoms with E-state index in [1.165, 1.54) is 28.8 Å². The number of amides is 1. The molecule has 1 aromatic carbocycles. The number of aryl methyl sites for hydroxylation is 1. The largest absolute Gasteiger partial charge is 0.354 e. The fraction of sp³-hybridized carbons (Fsp3) is 0.476. The highest BCUT2D eigenvalue weighted by atomic mass is 32.1. The van der Waals surface area contributed by atoms with Gasteiger partial charge in [0.25, 0.3) is 5.91 Å². The monoisotopic (exact) mass is 384 g/mol. The molecular weight excluding hydrogens is 356 g/mol. The van der Waals surface area contributed by atoms with E-state index in [9.17, 15) is 4.79 Å². The molecule has 0 radical (unpaired) electrons. The van der Waals surface area contributed by atoms with Crippen molar-refractivity contribution in [1.82, 2.24) is 21.1 Å². The molecule has 1 aromatic heterocycles. The molecule has 27 heavy (non-hydrogen) atoms. The van der Waals surface area contributed by atoms with Crippen LogP contribution in [0.4, 0.5) is 0 Å². The molecule has 144 valence electrons. The zero-order chi connectivity index (χ0) is 18.8. The quantitative estimate of drug-likeness (QED) is 0.742. The molecule has 3 heterocycles. The number of thiophene rings is 1. The van der Waals surface area contributed by atoms with Gasteiger partial charge in [-0.1, -0.05) is 29.8 Å². The summed E-state index contributed by atoms with van der Waals surface area (Å²) in [5.74, 6) is 0.547. The van der Waals surface area contributed by atoms with Gasteiger partial charge in [-0.3, -0.25) is 15.1 Å². The summed E-state index contributed by atoms with van der Waals surface area (Å²) in [7, 11) is 1.69. The number of carbonyl (C=O) groups excluding carboxylic acids is 1. The van der Waals surface area contributed by atoms with E-state index in [4.69, 9.17) is 0 Å². The van der Waals surface area contributed by atoms with Crippen LogP contribution in [0, 0.1) is 12.8 Å². The second-order valence-electron chi connectivity index (χ2n) is 7.61. The molecule has 1 amide bonds. The second-order valence-corrected chi connectivity index (χ2v) is 8.72. The maximum atomic E-state index is 11.9. The van der Waals surface area contributed by atoms with Crippen molar-refractivity contribution in [2.45, 2.75) is 31.8 Å². The maximum absolute atomic E-state index is 11.9. The minimum Gasteiger partial charge on any atom is -0.354 e. The van der Waals surface area contributed by atoms with Crippen molar-refractivity contribution >= 4 is 17.2 Å². The third kappa shape index (κ3) is 3.94. The average molecular weight is 385 g/mol. The highest BCUT2D eigenvalue weighted by molar-refractivity contribution is 7.14. The summed E-state index contributed by atoms with van der Waals surface area (Å²) in [6.07, 6.45) is 2.40. The molecule has 2 saturated heterocycles. The Morgan fingerprint density at radius 1 is 1.26 bits per heavy atom. The molecular formula is C21H28N4OS. The van der Waals surface area contributed by atoms with Crippen LogP contribution in [-0.2, 0) is 0 Å². The lowest BCUT2D eigenvalue weighted by Crippen LogP contribution is -2.32. The van der Waals surface area contributed by atoms with Gasteiger partial charge in [-0.15, -0.1) is 11.3 Å². The predicted molar refractivity (Wildman–Crippen MR) is 110 cm³/mol. The van der Waals surface area contributed by atoms with Crippen molar-refractivity contribution in [3.05, 3.63) is 57.3 Å². The average Bonchev–Trinajstić information content (AvgIpc) is 3.42. The third-order valence-corrected chi connectivity index (χ3v) is 6.95. The normalized spacial score (nSPS) is 25.8. The topological polar surface area (TPSA) is 56.4 Å². The highest BCUT2D eigenvalue weighted by Gasteiger charge is 2.34. The van der Waals surface area contributed by atoms with Crippen molar-refractivity contribution in [3.8, 4) is 0 Å². The Bertz CT molecular complexity index is 788. The van der Waals surface area contributed by atoms with Gasteiger partial charge in [0, 0.05) is 37.0 Å². The van der Waals surface area contributed by atoms with E-state index in [1.54, 1.807) is 18.4 Å². The van der Waals surface area contributed by atoms with Crippen LogP contribution in [-0.4, -0.2) is 37.5 Å². The Kier molecular flexibility index (Phi) is 5.59. The minimum atomic E-state index is 0.0134. The lowest BCUT2D eigenvalue weighted by molar-refractivity contribution is 0.0967. The van der Waals surface area contributed by atoms with Crippen molar-refractivity contribution in [3.63, 3.8) is 0 Å². The lowest BCUT2D eigenvalue weighted by Gasteiger charge is -2.29. The van der Waals surface area contributed by atoms with E-state index in [0.717, 1.165) is 24.5 Å². The van der Waals surface area contributed by atoms with Gasteiger partial charge in [-0.25, -0.2) is 5.43 Å². The van der Waals surface area contributed by atoms with Crippen LogP contribution >= 0.6 is 11.3 Å². The highest BCUT2D eigenvalue weighted by Crippen LogP contribution is 2.38. The van der Waals surface area contributed by atoms with E-state index < -0.39 is 0 Å². The molecule has 3 unspecified atom stereocenters. The van der Waals surface area contributed by atoms with Gasteiger partial charge >= 0.3 is 0 Å². The van der Waals surface area contributed by atoms with Gasteiger partial charge in [-0.2, -0.15) is 0 Å². The maximum Gasteiger partial charge on any atom is 0.261 e. The van der Waals surface area contributed by atoms with E-state index in [0.29, 0.717) is 18.0 Å². The van der Waals surface area contributed by atoms with E-state index in [2.05, 4.69) is 58.3 Å². The first-order valence-electron chi connectivity index (χ1n) is 9.76. The Morgan fingerprint density at radius 3 is 2.85 bits per heavy atom. The summed E-state index contributed by atoms with van der Waals surface area (Å²) < 4.78 is 0. The molecule has 3 atom stereocenters. The van der Waals surface area contributed by atoms with Crippen molar-refractivity contribution in [2.75, 3.05) is 26.7 Å². The molecule has 6 heteroatoms. The minimum absolute atomic E-state index is 0.0134. The molecule has 2 aromatic rings. The van der Waals surface area contributed by atoms with Gasteiger partial charge < -0.3 is 5.32 Å². The first kappa shape index (κ1) is 18.6. The van der Waals surface area contributed by atoms with Crippen molar-refractivity contribution < 1.29 is 4.79 Å². The molecule has 0 bridgehead atoms. The van der Waals surface area contributed by atoms with Crippen LogP contribution in [0.2, 0.25) is 0 Å². The van der Waals surface area contributed by atoms with Gasteiger partial charge in [0.1, 0.15) is 0 Å². The fourth-order valence-corrected chi connectivity index (χ4v) is 5.40. The van der Waals surface area contributed by atoms with Gasteiger partial charge in [0.15, 0.2) is 0 Å². The molecule has 5 nitrogen and oxygen atoms in total. The number of hydrogen-bond donors (Lipinski definition) is 3. The van der Waals surface area contributed by atoms with Gasteiger partial charge in [-0.05, 0) is 44.0 Å². The third-order valence-electron chi connectivity index (χ3n) is 5.77. The van der Waals surface area contributed by atoms with Gasteiger partial charge in [0.2, 0.25) is 0 Å².